The maximum Gasteiger partial charge on any atom is 0.335 e. The molecule has 0 unspecified atom stereocenters. The fourth-order valence-corrected chi connectivity index (χ4v) is 3.19. The quantitative estimate of drug-likeness (QED) is 0.865. The van der Waals surface area contributed by atoms with E-state index < -0.39 is 5.97 Å². The third-order valence-electron chi connectivity index (χ3n) is 3.64. The lowest BCUT2D eigenvalue weighted by Crippen LogP contribution is -2.42. The van der Waals surface area contributed by atoms with Gasteiger partial charge in [0.2, 0.25) is 0 Å². The number of amides is 1. The van der Waals surface area contributed by atoms with Crippen molar-refractivity contribution in [2.45, 2.75) is 45.3 Å². The number of carboxylic acid groups (broad SMARTS) is 1. The Balaban J connectivity index is 2.04. The van der Waals surface area contributed by atoms with Crippen LogP contribution < -0.4 is 0 Å². The molecule has 1 aromatic carbocycles. The van der Waals surface area contributed by atoms with E-state index in [-0.39, 0.29) is 23.2 Å². The first-order valence-corrected chi connectivity index (χ1v) is 8.46. The van der Waals surface area contributed by atoms with E-state index in [1.54, 1.807) is 11.0 Å². The number of nitrogens with zero attached hydrogens (tertiary/aromatic N) is 1. The highest BCUT2D eigenvalue weighted by atomic mass is 79.9. The lowest BCUT2D eigenvalue weighted by atomic mass is 10.0. The molecule has 1 N–H and O–H groups in total. The van der Waals surface area contributed by atoms with Gasteiger partial charge in [-0.25, -0.2) is 4.79 Å². The lowest BCUT2D eigenvalue weighted by molar-refractivity contribution is -0.0791. The zero-order valence-electron chi connectivity index (χ0n) is 13.6. The number of carbonyl (C=O) groups excluding carboxylic acids is 1. The normalized spacial score (nSPS) is 16.4. The molecular formula is C17H22BrNO4. The van der Waals surface area contributed by atoms with Gasteiger partial charge in [0.05, 0.1) is 17.3 Å². The molecule has 0 atom stereocenters. The van der Waals surface area contributed by atoms with Crippen LogP contribution in [0.15, 0.2) is 22.7 Å². The van der Waals surface area contributed by atoms with Crippen molar-refractivity contribution in [2.24, 2.45) is 0 Å². The Kier molecular flexibility index (Phi) is 5.47. The van der Waals surface area contributed by atoms with E-state index in [9.17, 15) is 9.59 Å². The Bertz CT molecular complexity index is 601. The van der Waals surface area contributed by atoms with Gasteiger partial charge < -0.3 is 14.7 Å². The monoisotopic (exact) mass is 383 g/mol. The summed E-state index contributed by atoms with van der Waals surface area (Å²) < 4.78 is 6.55. The van der Waals surface area contributed by atoms with Gasteiger partial charge in [-0.15, -0.1) is 0 Å². The van der Waals surface area contributed by atoms with E-state index in [0.29, 0.717) is 23.1 Å². The van der Waals surface area contributed by atoms with Gasteiger partial charge in [0.25, 0.3) is 5.91 Å². The Morgan fingerprint density at radius 2 is 1.74 bits per heavy atom. The fraction of sp³-hybridized carbons (Fsp3) is 0.529. The number of rotatable bonds is 3. The number of halogens is 1. The summed E-state index contributed by atoms with van der Waals surface area (Å²) in [4.78, 5) is 25.5. The van der Waals surface area contributed by atoms with E-state index in [1.807, 2.05) is 20.8 Å². The number of carbonyl (C=O) groups is 2. The number of aromatic carboxylic acids is 1. The molecule has 0 aromatic heterocycles. The molecule has 0 aliphatic carbocycles. The van der Waals surface area contributed by atoms with E-state index in [1.165, 1.54) is 12.1 Å². The van der Waals surface area contributed by atoms with Crippen molar-refractivity contribution < 1.29 is 19.4 Å². The smallest absolute Gasteiger partial charge is 0.335 e. The lowest BCUT2D eigenvalue weighted by Gasteiger charge is -2.35. The number of carboxylic acids is 1. The van der Waals surface area contributed by atoms with E-state index in [4.69, 9.17) is 9.84 Å². The predicted octanol–water partition coefficient (Wildman–Crippen LogP) is 3.57. The fourth-order valence-electron chi connectivity index (χ4n) is 2.70. The molecular weight excluding hydrogens is 362 g/mol. The summed E-state index contributed by atoms with van der Waals surface area (Å²) >= 11 is 3.26. The van der Waals surface area contributed by atoms with Crippen LogP contribution in [-0.4, -0.2) is 46.7 Å². The van der Waals surface area contributed by atoms with E-state index in [2.05, 4.69) is 15.9 Å². The third kappa shape index (κ3) is 5.04. The average Bonchev–Trinajstić information content (AvgIpc) is 2.45. The average molecular weight is 384 g/mol. The highest BCUT2D eigenvalue weighted by Gasteiger charge is 2.27. The minimum Gasteiger partial charge on any atom is -0.478 e. The first-order valence-electron chi connectivity index (χ1n) is 7.67. The molecule has 1 aliphatic rings. The Hall–Kier alpha value is -1.40. The Morgan fingerprint density at radius 1 is 1.17 bits per heavy atom. The standard InChI is InChI=1S/C17H22BrNO4/c1-17(2,3)23-14-4-6-19(7-5-14)15(20)11-8-12(16(21)22)10-13(18)9-11/h8-10,14H,4-7H2,1-3H3,(H,21,22). The van der Waals surface area contributed by atoms with Crippen LogP contribution in [0, 0.1) is 0 Å². The van der Waals surface area contributed by atoms with Gasteiger partial charge in [0.15, 0.2) is 0 Å². The second-order valence-electron chi connectivity index (χ2n) is 6.76. The predicted molar refractivity (Wildman–Crippen MR) is 90.9 cm³/mol. The van der Waals surface area contributed by atoms with Gasteiger partial charge in [0, 0.05) is 23.1 Å². The van der Waals surface area contributed by atoms with Gasteiger partial charge in [-0.05, 0) is 51.8 Å². The van der Waals surface area contributed by atoms with E-state index >= 15 is 0 Å². The molecule has 2 rings (SSSR count). The van der Waals surface area contributed by atoms with Crippen molar-refractivity contribution in [3.63, 3.8) is 0 Å². The molecule has 1 fully saturated rings. The van der Waals surface area contributed by atoms with Crippen molar-refractivity contribution >= 4 is 27.8 Å². The summed E-state index contributed by atoms with van der Waals surface area (Å²) in [7, 11) is 0. The van der Waals surface area contributed by atoms with Crippen molar-refractivity contribution in [1.82, 2.24) is 4.90 Å². The molecule has 1 heterocycles. The molecule has 0 radical (unpaired) electrons. The van der Waals surface area contributed by atoms with Crippen LogP contribution in [0.5, 0.6) is 0 Å². The molecule has 0 bridgehead atoms. The van der Waals surface area contributed by atoms with Crippen molar-refractivity contribution in [1.29, 1.82) is 0 Å². The molecule has 1 amide bonds. The number of benzene rings is 1. The van der Waals surface area contributed by atoms with Crippen molar-refractivity contribution in [3.8, 4) is 0 Å². The van der Waals surface area contributed by atoms with Crippen LogP contribution in [0.1, 0.15) is 54.3 Å². The van der Waals surface area contributed by atoms with Crippen LogP contribution in [0.25, 0.3) is 0 Å². The van der Waals surface area contributed by atoms with Crippen LogP contribution in [0.3, 0.4) is 0 Å². The number of hydrogen-bond acceptors (Lipinski definition) is 3. The Morgan fingerprint density at radius 3 is 2.26 bits per heavy atom. The van der Waals surface area contributed by atoms with Crippen LogP contribution >= 0.6 is 15.9 Å². The number of piperidine rings is 1. The molecule has 5 nitrogen and oxygen atoms in total. The van der Waals surface area contributed by atoms with Gasteiger partial charge >= 0.3 is 5.97 Å². The zero-order chi connectivity index (χ0) is 17.2. The highest BCUT2D eigenvalue weighted by molar-refractivity contribution is 9.10. The topological polar surface area (TPSA) is 66.8 Å². The van der Waals surface area contributed by atoms with Crippen LogP contribution in [0.4, 0.5) is 0 Å². The number of hydrogen-bond donors (Lipinski definition) is 1. The summed E-state index contributed by atoms with van der Waals surface area (Å²) in [6, 6.07) is 4.57. The summed E-state index contributed by atoms with van der Waals surface area (Å²) in [6.45, 7) is 7.32. The second kappa shape index (κ2) is 7.01. The molecule has 0 spiro atoms. The summed E-state index contributed by atoms with van der Waals surface area (Å²) in [5.41, 5.74) is 0.318. The summed E-state index contributed by atoms with van der Waals surface area (Å²) in [5.74, 6) is -1.18. The molecule has 23 heavy (non-hydrogen) atoms. The number of likely N-dealkylation sites (tertiary alicyclic amines) is 1. The molecule has 1 aromatic rings. The molecule has 126 valence electrons. The SMILES string of the molecule is CC(C)(C)OC1CCN(C(=O)c2cc(Br)cc(C(=O)O)c2)CC1. The molecule has 6 heteroatoms. The molecule has 1 saturated heterocycles. The highest BCUT2D eigenvalue weighted by Crippen LogP contribution is 2.23. The largest absolute Gasteiger partial charge is 0.478 e. The first kappa shape index (κ1) is 17.9. The van der Waals surface area contributed by atoms with Crippen molar-refractivity contribution in [2.75, 3.05) is 13.1 Å². The van der Waals surface area contributed by atoms with Gasteiger partial charge in [-0.1, -0.05) is 15.9 Å². The summed E-state index contributed by atoms with van der Waals surface area (Å²) in [6.07, 6.45) is 1.75. The van der Waals surface area contributed by atoms with Crippen LogP contribution in [-0.2, 0) is 4.74 Å². The van der Waals surface area contributed by atoms with E-state index in [0.717, 1.165) is 12.8 Å². The van der Waals surface area contributed by atoms with Crippen LogP contribution in [0.2, 0.25) is 0 Å². The second-order valence-corrected chi connectivity index (χ2v) is 7.67. The number of ether oxygens (including phenoxy) is 1. The molecule has 0 saturated carbocycles. The van der Waals surface area contributed by atoms with Gasteiger partial charge in [-0.3, -0.25) is 4.79 Å². The minimum atomic E-state index is -1.04. The maximum atomic E-state index is 12.6. The van der Waals surface area contributed by atoms with Gasteiger partial charge in [0.1, 0.15) is 0 Å². The van der Waals surface area contributed by atoms with Gasteiger partial charge in [-0.2, -0.15) is 0 Å². The third-order valence-corrected chi connectivity index (χ3v) is 4.10. The zero-order valence-corrected chi connectivity index (χ0v) is 15.2. The Labute approximate surface area is 144 Å². The maximum absolute atomic E-state index is 12.6. The minimum absolute atomic E-state index is 0.105. The first-order chi connectivity index (χ1) is 10.7. The van der Waals surface area contributed by atoms with Crippen molar-refractivity contribution in [3.05, 3.63) is 33.8 Å². The molecule has 1 aliphatic heterocycles. The summed E-state index contributed by atoms with van der Waals surface area (Å²) in [5, 5.41) is 9.11.